The Kier molecular flexibility index (Phi) is 4.38. The Morgan fingerprint density at radius 1 is 1.22 bits per heavy atom. The molecular formula is C17H21F2NO3. The summed E-state index contributed by atoms with van der Waals surface area (Å²) in [6, 6.07) is 3.31. The lowest BCUT2D eigenvalue weighted by Crippen LogP contribution is -2.54. The molecule has 126 valence electrons. The Hall–Kier alpha value is -1.53. The Labute approximate surface area is 133 Å². The van der Waals surface area contributed by atoms with Gasteiger partial charge >= 0.3 is 0 Å². The summed E-state index contributed by atoms with van der Waals surface area (Å²) in [4.78, 5) is 12.8. The number of carbonyl (C=O) groups is 1. The van der Waals surface area contributed by atoms with Crippen LogP contribution in [0, 0.1) is 11.6 Å². The van der Waals surface area contributed by atoms with Crippen molar-refractivity contribution in [3.63, 3.8) is 0 Å². The minimum Gasteiger partial charge on any atom is -0.388 e. The minimum atomic E-state index is -1.07. The van der Waals surface area contributed by atoms with Gasteiger partial charge in [0.05, 0.1) is 11.0 Å². The Balaban J connectivity index is 1.85. The molecule has 0 radical (unpaired) electrons. The molecule has 0 spiro atoms. The van der Waals surface area contributed by atoms with E-state index in [-0.39, 0.29) is 18.0 Å². The smallest absolute Gasteiger partial charge is 0.231 e. The van der Waals surface area contributed by atoms with E-state index in [4.69, 9.17) is 4.74 Å². The number of hydrogen-bond donors (Lipinski definition) is 2. The van der Waals surface area contributed by atoms with E-state index in [9.17, 15) is 18.7 Å². The molecule has 1 amide bonds. The predicted octanol–water partition coefficient (Wildman–Crippen LogP) is 2.04. The van der Waals surface area contributed by atoms with Crippen LogP contribution < -0.4 is 5.32 Å². The molecule has 2 N–H and O–H groups in total. The number of hydrogen-bond acceptors (Lipinski definition) is 3. The molecule has 1 saturated carbocycles. The van der Waals surface area contributed by atoms with Crippen LogP contribution in [-0.4, -0.2) is 36.4 Å². The van der Waals surface area contributed by atoms with Crippen LogP contribution in [0.5, 0.6) is 0 Å². The SMILES string of the molecule is O=C(NCC1(O)CCC1)C1(c2ccc(F)cc2F)CCOCC1. The molecule has 4 nitrogen and oxygen atoms in total. The highest BCUT2D eigenvalue weighted by molar-refractivity contribution is 5.88. The normalized spacial score (nSPS) is 22.2. The van der Waals surface area contributed by atoms with Crippen molar-refractivity contribution in [3.05, 3.63) is 35.4 Å². The third-order valence-electron chi connectivity index (χ3n) is 5.09. The zero-order valence-corrected chi connectivity index (χ0v) is 12.9. The molecule has 0 unspecified atom stereocenters. The number of rotatable bonds is 4. The second-order valence-electron chi connectivity index (χ2n) is 6.58. The Bertz CT molecular complexity index is 596. The molecule has 1 aromatic carbocycles. The van der Waals surface area contributed by atoms with E-state index in [1.165, 1.54) is 12.1 Å². The summed E-state index contributed by atoms with van der Waals surface area (Å²) in [7, 11) is 0. The van der Waals surface area contributed by atoms with Crippen LogP contribution >= 0.6 is 0 Å². The second-order valence-corrected chi connectivity index (χ2v) is 6.58. The van der Waals surface area contributed by atoms with Crippen molar-refractivity contribution in [2.24, 2.45) is 0 Å². The zero-order valence-electron chi connectivity index (χ0n) is 12.9. The molecule has 3 rings (SSSR count). The molecule has 0 aromatic heterocycles. The van der Waals surface area contributed by atoms with Gasteiger partial charge in [0.15, 0.2) is 0 Å². The molecular weight excluding hydrogens is 304 g/mol. The first kappa shape index (κ1) is 16.3. The number of nitrogens with one attached hydrogen (secondary N) is 1. The molecule has 1 aliphatic carbocycles. The van der Waals surface area contributed by atoms with Gasteiger partial charge in [0.2, 0.25) is 5.91 Å². The van der Waals surface area contributed by atoms with Crippen molar-refractivity contribution in [2.75, 3.05) is 19.8 Å². The molecule has 1 saturated heterocycles. The van der Waals surface area contributed by atoms with E-state index < -0.39 is 22.7 Å². The fraction of sp³-hybridized carbons (Fsp3) is 0.588. The zero-order chi connectivity index (χ0) is 16.5. The first-order valence-corrected chi connectivity index (χ1v) is 7.99. The summed E-state index contributed by atoms with van der Waals surface area (Å²) >= 11 is 0. The van der Waals surface area contributed by atoms with Crippen LogP contribution in [0.4, 0.5) is 8.78 Å². The van der Waals surface area contributed by atoms with E-state index in [1.807, 2.05) is 0 Å². The number of ether oxygens (including phenoxy) is 1. The van der Waals surface area contributed by atoms with Gasteiger partial charge < -0.3 is 15.2 Å². The van der Waals surface area contributed by atoms with Crippen LogP contribution in [-0.2, 0) is 14.9 Å². The van der Waals surface area contributed by atoms with E-state index in [0.29, 0.717) is 38.9 Å². The van der Waals surface area contributed by atoms with E-state index in [2.05, 4.69) is 5.32 Å². The van der Waals surface area contributed by atoms with Crippen LogP contribution in [0.1, 0.15) is 37.7 Å². The lowest BCUT2D eigenvalue weighted by molar-refractivity contribution is -0.133. The van der Waals surface area contributed by atoms with E-state index >= 15 is 0 Å². The standard InChI is InChI=1S/C17H21F2NO3/c18-12-2-3-13(14(19)10-12)17(6-8-23-9-7-17)15(21)20-11-16(22)4-1-5-16/h2-3,10,22H,1,4-9,11H2,(H,20,21). The van der Waals surface area contributed by atoms with Crippen molar-refractivity contribution in [2.45, 2.75) is 43.1 Å². The van der Waals surface area contributed by atoms with Crippen molar-refractivity contribution in [1.82, 2.24) is 5.32 Å². The highest BCUT2D eigenvalue weighted by Gasteiger charge is 2.45. The molecule has 1 heterocycles. The monoisotopic (exact) mass is 325 g/mol. The number of halogens is 2. The second kappa shape index (κ2) is 6.17. The summed E-state index contributed by atoms with van der Waals surface area (Å²) in [5, 5.41) is 12.9. The quantitative estimate of drug-likeness (QED) is 0.891. The molecule has 2 fully saturated rings. The van der Waals surface area contributed by atoms with Gasteiger partial charge in [0, 0.05) is 31.4 Å². The highest BCUT2D eigenvalue weighted by Crippen LogP contribution is 2.37. The van der Waals surface area contributed by atoms with Crippen LogP contribution in [0.25, 0.3) is 0 Å². The molecule has 1 aliphatic heterocycles. The third-order valence-corrected chi connectivity index (χ3v) is 5.09. The average Bonchev–Trinajstić information content (AvgIpc) is 2.51. The van der Waals surface area contributed by atoms with Crippen molar-refractivity contribution in [1.29, 1.82) is 0 Å². The van der Waals surface area contributed by atoms with E-state index in [0.717, 1.165) is 12.5 Å². The summed E-state index contributed by atoms with van der Waals surface area (Å²) in [6.45, 7) is 0.847. The molecule has 2 aliphatic rings. The largest absolute Gasteiger partial charge is 0.388 e. The number of amides is 1. The summed E-state index contributed by atoms with van der Waals surface area (Å²) < 4.78 is 32.8. The third kappa shape index (κ3) is 3.10. The van der Waals surface area contributed by atoms with Gasteiger partial charge in [-0.1, -0.05) is 6.07 Å². The van der Waals surface area contributed by atoms with Gasteiger partial charge in [-0.2, -0.15) is 0 Å². The molecule has 0 bridgehead atoms. The topological polar surface area (TPSA) is 58.6 Å². The summed E-state index contributed by atoms with van der Waals surface area (Å²) in [6.07, 6.45) is 2.93. The van der Waals surface area contributed by atoms with Gasteiger partial charge in [-0.25, -0.2) is 8.78 Å². The fourth-order valence-electron chi connectivity index (χ4n) is 3.39. The lowest BCUT2D eigenvalue weighted by Gasteiger charge is -2.40. The average molecular weight is 325 g/mol. The number of benzene rings is 1. The maximum atomic E-state index is 14.3. The van der Waals surface area contributed by atoms with Gasteiger partial charge in [0.1, 0.15) is 11.6 Å². The fourth-order valence-corrected chi connectivity index (χ4v) is 3.39. The van der Waals surface area contributed by atoms with Crippen LogP contribution in [0.15, 0.2) is 18.2 Å². The first-order chi connectivity index (χ1) is 11.0. The number of aliphatic hydroxyl groups is 1. The highest BCUT2D eigenvalue weighted by atomic mass is 19.1. The Morgan fingerprint density at radius 2 is 1.91 bits per heavy atom. The number of carbonyl (C=O) groups excluding carboxylic acids is 1. The van der Waals surface area contributed by atoms with Crippen LogP contribution in [0.3, 0.4) is 0 Å². The maximum absolute atomic E-state index is 14.3. The summed E-state index contributed by atoms with van der Waals surface area (Å²) in [5.41, 5.74) is -1.72. The van der Waals surface area contributed by atoms with Crippen LogP contribution in [0.2, 0.25) is 0 Å². The van der Waals surface area contributed by atoms with Gasteiger partial charge in [0.25, 0.3) is 0 Å². The maximum Gasteiger partial charge on any atom is 0.231 e. The molecule has 6 heteroatoms. The minimum absolute atomic E-state index is 0.164. The molecule has 1 aromatic rings. The Morgan fingerprint density at radius 3 is 2.48 bits per heavy atom. The van der Waals surface area contributed by atoms with Crippen molar-refractivity contribution in [3.8, 4) is 0 Å². The molecule has 23 heavy (non-hydrogen) atoms. The van der Waals surface area contributed by atoms with Gasteiger partial charge in [-0.05, 0) is 38.2 Å². The predicted molar refractivity (Wildman–Crippen MR) is 79.9 cm³/mol. The summed E-state index contributed by atoms with van der Waals surface area (Å²) in [5.74, 6) is -1.71. The lowest BCUT2D eigenvalue weighted by atomic mass is 9.72. The van der Waals surface area contributed by atoms with Crippen molar-refractivity contribution < 1.29 is 23.4 Å². The van der Waals surface area contributed by atoms with E-state index in [1.54, 1.807) is 0 Å². The van der Waals surface area contributed by atoms with Gasteiger partial charge in [-0.15, -0.1) is 0 Å². The first-order valence-electron chi connectivity index (χ1n) is 7.99. The van der Waals surface area contributed by atoms with Gasteiger partial charge in [-0.3, -0.25) is 4.79 Å². The van der Waals surface area contributed by atoms with Crippen molar-refractivity contribution >= 4 is 5.91 Å². The molecule has 0 atom stereocenters.